The van der Waals surface area contributed by atoms with E-state index in [4.69, 9.17) is 16.0 Å². The smallest absolute Gasteiger partial charge is 0.293 e. The van der Waals surface area contributed by atoms with Gasteiger partial charge in [0, 0.05) is 33.6 Å². The largest absolute Gasteiger partial charge is 0.451 e. The summed E-state index contributed by atoms with van der Waals surface area (Å²) >= 11 is 7.33. The Morgan fingerprint density at radius 3 is 2.47 bits per heavy atom. The first kappa shape index (κ1) is 20.1. The third-order valence-electron chi connectivity index (χ3n) is 4.47. The summed E-state index contributed by atoms with van der Waals surface area (Å²) in [5, 5.41) is 3.98. The maximum Gasteiger partial charge on any atom is 0.293 e. The Hall–Kier alpha value is -3.22. The number of halogens is 1. The first-order chi connectivity index (χ1) is 14.5. The van der Waals surface area contributed by atoms with E-state index in [1.165, 1.54) is 18.3 Å². The highest BCUT2D eigenvalue weighted by Gasteiger charge is 2.15. The van der Waals surface area contributed by atoms with E-state index in [0.717, 1.165) is 16.0 Å². The van der Waals surface area contributed by atoms with E-state index in [-0.39, 0.29) is 17.5 Å². The first-order valence-corrected chi connectivity index (χ1v) is 10.4. The molecule has 4 aromatic rings. The van der Waals surface area contributed by atoms with Crippen molar-refractivity contribution in [2.24, 2.45) is 0 Å². The Kier molecular flexibility index (Phi) is 5.79. The normalized spacial score (nSPS) is 10.7. The summed E-state index contributed by atoms with van der Waals surface area (Å²) in [5.41, 5.74) is 2.53. The SMILES string of the molecule is CC(=O)c1ccc(-c2ccc(C(=O)Nc3ncc(Cc4ccc(Cl)cc4)s3)o2)cc1. The van der Waals surface area contributed by atoms with Crippen molar-refractivity contribution in [2.45, 2.75) is 13.3 Å². The molecule has 0 aliphatic heterocycles. The molecule has 30 heavy (non-hydrogen) atoms. The Morgan fingerprint density at radius 2 is 1.77 bits per heavy atom. The molecule has 150 valence electrons. The zero-order chi connectivity index (χ0) is 21.1. The minimum atomic E-state index is -0.367. The fourth-order valence-electron chi connectivity index (χ4n) is 2.89. The molecule has 0 saturated carbocycles. The van der Waals surface area contributed by atoms with Crippen molar-refractivity contribution in [3.05, 3.63) is 93.6 Å². The van der Waals surface area contributed by atoms with Gasteiger partial charge in [-0.25, -0.2) is 4.98 Å². The van der Waals surface area contributed by atoms with Crippen LogP contribution in [0.5, 0.6) is 0 Å². The first-order valence-electron chi connectivity index (χ1n) is 9.19. The number of thiazole rings is 1. The summed E-state index contributed by atoms with van der Waals surface area (Å²) in [6.07, 6.45) is 2.46. The fraction of sp³-hybridized carbons (Fsp3) is 0.0870. The molecule has 0 bridgehead atoms. The molecule has 2 aromatic carbocycles. The second-order valence-corrected chi connectivity index (χ2v) is 8.24. The number of anilines is 1. The van der Waals surface area contributed by atoms with E-state index in [1.807, 2.05) is 24.3 Å². The van der Waals surface area contributed by atoms with Crippen molar-refractivity contribution < 1.29 is 14.0 Å². The van der Waals surface area contributed by atoms with Crippen molar-refractivity contribution >= 4 is 39.8 Å². The molecule has 0 aliphatic rings. The summed E-state index contributed by atoms with van der Waals surface area (Å²) in [6, 6.07) is 18.0. The monoisotopic (exact) mass is 436 g/mol. The lowest BCUT2D eigenvalue weighted by molar-refractivity contribution is 0.0994. The molecular weight excluding hydrogens is 420 g/mol. The highest BCUT2D eigenvalue weighted by Crippen LogP contribution is 2.25. The molecule has 0 fully saturated rings. The third-order valence-corrected chi connectivity index (χ3v) is 5.64. The lowest BCUT2D eigenvalue weighted by Crippen LogP contribution is -2.10. The molecule has 1 amide bonds. The Labute approximate surface area is 182 Å². The number of amides is 1. The number of furan rings is 1. The van der Waals surface area contributed by atoms with Gasteiger partial charge in [-0.2, -0.15) is 0 Å². The molecule has 2 aromatic heterocycles. The van der Waals surface area contributed by atoms with Crippen LogP contribution in [-0.4, -0.2) is 16.7 Å². The molecule has 0 spiro atoms. The van der Waals surface area contributed by atoms with E-state index >= 15 is 0 Å². The van der Waals surface area contributed by atoms with E-state index in [9.17, 15) is 9.59 Å². The summed E-state index contributed by atoms with van der Waals surface area (Å²) in [4.78, 5) is 29.2. The molecule has 0 saturated heterocycles. The van der Waals surface area contributed by atoms with Crippen LogP contribution in [0.2, 0.25) is 5.02 Å². The molecule has 5 nitrogen and oxygen atoms in total. The average molecular weight is 437 g/mol. The molecule has 1 N–H and O–H groups in total. The summed E-state index contributed by atoms with van der Waals surface area (Å²) in [6.45, 7) is 1.52. The summed E-state index contributed by atoms with van der Waals surface area (Å²) < 4.78 is 5.69. The van der Waals surface area contributed by atoms with Crippen molar-refractivity contribution in [2.75, 3.05) is 5.32 Å². The van der Waals surface area contributed by atoms with Gasteiger partial charge in [-0.3, -0.25) is 14.9 Å². The van der Waals surface area contributed by atoms with Gasteiger partial charge in [-0.1, -0.05) is 48.0 Å². The lowest BCUT2D eigenvalue weighted by Gasteiger charge is -2.00. The van der Waals surface area contributed by atoms with Crippen LogP contribution in [-0.2, 0) is 6.42 Å². The van der Waals surface area contributed by atoms with Crippen LogP contribution in [0.4, 0.5) is 5.13 Å². The van der Waals surface area contributed by atoms with E-state index in [1.54, 1.807) is 42.6 Å². The molecule has 0 aliphatic carbocycles. The van der Waals surface area contributed by atoms with Crippen molar-refractivity contribution in [1.29, 1.82) is 0 Å². The molecule has 0 radical (unpaired) electrons. The predicted molar refractivity (Wildman–Crippen MR) is 118 cm³/mol. The zero-order valence-electron chi connectivity index (χ0n) is 16.0. The molecule has 0 atom stereocenters. The van der Waals surface area contributed by atoms with Gasteiger partial charge in [0.1, 0.15) is 5.76 Å². The third kappa shape index (κ3) is 4.67. The van der Waals surface area contributed by atoms with E-state index in [2.05, 4.69) is 10.3 Å². The van der Waals surface area contributed by atoms with Gasteiger partial charge < -0.3 is 4.42 Å². The number of benzene rings is 2. The van der Waals surface area contributed by atoms with Gasteiger partial charge in [0.25, 0.3) is 5.91 Å². The second-order valence-electron chi connectivity index (χ2n) is 6.69. The number of rotatable bonds is 6. The fourth-order valence-corrected chi connectivity index (χ4v) is 3.86. The molecular formula is C23H17ClN2O3S. The van der Waals surface area contributed by atoms with Crippen LogP contribution in [0.3, 0.4) is 0 Å². The van der Waals surface area contributed by atoms with Crippen LogP contribution in [0.1, 0.15) is 38.3 Å². The topological polar surface area (TPSA) is 72.2 Å². The number of Topliss-reactive ketones (excluding diaryl/α,β-unsaturated/α-hetero) is 1. The quantitative estimate of drug-likeness (QED) is 0.370. The number of carbonyl (C=O) groups excluding carboxylic acids is 2. The minimum absolute atomic E-state index is 0.0000544. The van der Waals surface area contributed by atoms with Gasteiger partial charge >= 0.3 is 0 Å². The Morgan fingerprint density at radius 1 is 1.03 bits per heavy atom. The highest BCUT2D eigenvalue weighted by atomic mass is 35.5. The van der Waals surface area contributed by atoms with Crippen LogP contribution in [0, 0.1) is 0 Å². The number of hydrogen-bond acceptors (Lipinski definition) is 5. The number of aromatic nitrogens is 1. The number of nitrogens with zero attached hydrogens (tertiary/aromatic N) is 1. The Bertz CT molecular complexity index is 1190. The summed E-state index contributed by atoms with van der Waals surface area (Å²) in [5.74, 6) is 0.377. The number of hydrogen-bond donors (Lipinski definition) is 1. The van der Waals surface area contributed by atoms with Crippen LogP contribution in [0.15, 0.2) is 71.3 Å². The predicted octanol–water partition coefficient (Wildman–Crippen LogP) is 6.10. The van der Waals surface area contributed by atoms with Crippen molar-refractivity contribution in [1.82, 2.24) is 4.98 Å². The molecule has 0 unspecified atom stereocenters. The number of nitrogens with one attached hydrogen (secondary N) is 1. The van der Waals surface area contributed by atoms with Crippen molar-refractivity contribution in [3.8, 4) is 11.3 Å². The van der Waals surface area contributed by atoms with Crippen LogP contribution < -0.4 is 5.32 Å². The molecule has 7 heteroatoms. The van der Waals surface area contributed by atoms with E-state index in [0.29, 0.717) is 27.9 Å². The van der Waals surface area contributed by atoms with Crippen LogP contribution in [0.25, 0.3) is 11.3 Å². The second kappa shape index (κ2) is 8.65. The maximum absolute atomic E-state index is 12.5. The molecule has 2 heterocycles. The molecule has 4 rings (SSSR count). The van der Waals surface area contributed by atoms with Gasteiger partial charge in [-0.05, 0) is 36.8 Å². The van der Waals surface area contributed by atoms with Gasteiger partial charge in [0.2, 0.25) is 0 Å². The zero-order valence-corrected chi connectivity index (χ0v) is 17.6. The van der Waals surface area contributed by atoms with Gasteiger partial charge in [-0.15, -0.1) is 11.3 Å². The van der Waals surface area contributed by atoms with E-state index < -0.39 is 0 Å². The number of ketones is 1. The van der Waals surface area contributed by atoms with Gasteiger partial charge in [0.15, 0.2) is 16.7 Å². The number of carbonyl (C=O) groups is 2. The van der Waals surface area contributed by atoms with Gasteiger partial charge in [0.05, 0.1) is 0 Å². The minimum Gasteiger partial charge on any atom is -0.451 e. The lowest BCUT2D eigenvalue weighted by atomic mass is 10.1. The summed E-state index contributed by atoms with van der Waals surface area (Å²) in [7, 11) is 0. The highest BCUT2D eigenvalue weighted by molar-refractivity contribution is 7.15. The Balaban J connectivity index is 1.41. The van der Waals surface area contributed by atoms with Crippen LogP contribution >= 0.6 is 22.9 Å². The van der Waals surface area contributed by atoms with Crippen molar-refractivity contribution in [3.63, 3.8) is 0 Å². The maximum atomic E-state index is 12.5. The standard InChI is InChI=1S/C23H17ClN2O3S/c1-14(27)16-4-6-17(7-5-16)20-10-11-21(29-20)22(28)26-23-25-13-19(30-23)12-15-2-8-18(24)9-3-15/h2-11,13H,12H2,1H3,(H,25,26,28). The average Bonchev–Trinajstić information content (AvgIpc) is 3.40.